The predicted molar refractivity (Wildman–Crippen MR) is 75.5 cm³/mol. The van der Waals surface area contributed by atoms with Crippen LogP contribution >= 0.6 is 0 Å². The van der Waals surface area contributed by atoms with Gasteiger partial charge in [-0.05, 0) is 18.9 Å². The van der Waals surface area contributed by atoms with E-state index >= 15 is 0 Å². The first-order valence-electron chi connectivity index (χ1n) is 6.53. The van der Waals surface area contributed by atoms with Crippen LogP contribution in [0.5, 0.6) is 0 Å². The van der Waals surface area contributed by atoms with Crippen LogP contribution < -0.4 is 10.6 Å². The standard InChI is InChI=1S/C14H22FN3O/c1-3-16-14(17-8-11(2)10-19)18-9-12-6-4-5-7-13(12)15/h4-7,11,19H,3,8-10H2,1-2H3,(H2,16,17,18). The van der Waals surface area contributed by atoms with Crippen LogP contribution in [0.3, 0.4) is 0 Å². The van der Waals surface area contributed by atoms with Gasteiger partial charge in [0.15, 0.2) is 5.96 Å². The molecule has 0 aromatic heterocycles. The Morgan fingerprint density at radius 3 is 2.74 bits per heavy atom. The molecule has 0 heterocycles. The fourth-order valence-corrected chi connectivity index (χ4v) is 1.47. The number of guanidine groups is 1. The molecule has 1 aromatic carbocycles. The average Bonchev–Trinajstić information content (AvgIpc) is 2.43. The van der Waals surface area contributed by atoms with Gasteiger partial charge in [0.1, 0.15) is 5.82 Å². The molecule has 5 heteroatoms. The number of hydrogen-bond acceptors (Lipinski definition) is 2. The maximum absolute atomic E-state index is 13.5. The number of aliphatic hydroxyl groups excluding tert-OH is 1. The van der Waals surface area contributed by atoms with Gasteiger partial charge in [0, 0.05) is 25.3 Å². The van der Waals surface area contributed by atoms with E-state index in [2.05, 4.69) is 15.6 Å². The van der Waals surface area contributed by atoms with Crippen LogP contribution in [0.25, 0.3) is 0 Å². The lowest BCUT2D eigenvalue weighted by molar-refractivity contribution is 0.238. The van der Waals surface area contributed by atoms with Crippen LogP contribution in [0.15, 0.2) is 29.3 Å². The minimum absolute atomic E-state index is 0.125. The van der Waals surface area contributed by atoms with Gasteiger partial charge >= 0.3 is 0 Å². The Hall–Kier alpha value is -1.62. The molecule has 106 valence electrons. The summed E-state index contributed by atoms with van der Waals surface area (Å²) in [5.74, 6) is 0.536. The zero-order chi connectivity index (χ0) is 14.1. The Balaban J connectivity index is 2.60. The second kappa shape index (κ2) is 8.48. The second-order valence-electron chi connectivity index (χ2n) is 4.46. The summed E-state index contributed by atoms with van der Waals surface area (Å²) >= 11 is 0. The highest BCUT2D eigenvalue weighted by Gasteiger charge is 2.03. The third kappa shape index (κ3) is 5.70. The molecule has 0 aliphatic carbocycles. The number of nitrogens with one attached hydrogen (secondary N) is 2. The average molecular weight is 267 g/mol. The van der Waals surface area contributed by atoms with Crippen molar-refractivity contribution in [2.24, 2.45) is 10.9 Å². The molecule has 1 rings (SSSR count). The minimum Gasteiger partial charge on any atom is -0.396 e. The number of hydrogen-bond donors (Lipinski definition) is 3. The van der Waals surface area contributed by atoms with E-state index in [-0.39, 0.29) is 24.9 Å². The van der Waals surface area contributed by atoms with E-state index in [1.807, 2.05) is 13.8 Å². The third-order valence-corrected chi connectivity index (χ3v) is 2.64. The molecule has 0 saturated heterocycles. The molecule has 0 spiro atoms. The summed E-state index contributed by atoms with van der Waals surface area (Å²) in [5.41, 5.74) is 0.565. The summed E-state index contributed by atoms with van der Waals surface area (Å²) in [6, 6.07) is 6.61. The van der Waals surface area contributed by atoms with Gasteiger partial charge in [-0.2, -0.15) is 0 Å². The van der Waals surface area contributed by atoms with Crippen LogP contribution in [0.4, 0.5) is 4.39 Å². The lowest BCUT2D eigenvalue weighted by atomic mass is 10.2. The van der Waals surface area contributed by atoms with E-state index in [9.17, 15) is 4.39 Å². The highest BCUT2D eigenvalue weighted by molar-refractivity contribution is 5.79. The molecule has 1 unspecified atom stereocenters. The van der Waals surface area contributed by atoms with Gasteiger partial charge in [-0.3, -0.25) is 0 Å². The normalized spacial score (nSPS) is 13.2. The van der Waals surface area contributed by atoms with Crippen molar-refractivity contribution >= 4 is 5.96 Å². The van der Waals surface area contributed by atoms with Gasteiger partial charge in [-0.25, -0.2) is 9.38 Å². The number of aliphatic imine (C=N–C) groups is 1. The lowest BCUT2D eigenvalue weighted by Gasteiger charge is -2.14. The Kier molecular flexibility index (Phi) is 6.89. The molecular formula is C14H22FN3O. The first-order valence-corrected chi connectivity index (χ1v) is 6.53. The summed E-state index contributed by atoms with van der Waals surface area (Å²) in [4.78, 5) is 4.32. The largest absolute Gasteiger partial charge is 0.396 e. The lowest BCUT2D eigenvalue weighted by Crippen LogP contribution is -2.39. The molecule has 4 nitrogen and oxygen atoms in total. The molecular weight excluding hydrogens is 245 g/mol. The van der Waals surface area contributed by atoms with E-state index in [1.54, 1.807) is 18.2 Å². The van der Waals surface area contributed by atoms with Crippen LogP contribution in [-0.2, 0) is 6.54 Å². The molecule has 1 atom stereocenters. The zero-order valence-corrected chi connectivity index (χ0v) is 11.5. The number of rotatable bonds is 6. The SMILES string of the molecule is CCNC(=NCc1ccccc1F)NCC(C)CO. The number of halogens is 1. The molecule has 19 heavy (non-hydrogen) atoms. The third-order valence-electron chi connectivity index (χ3n) is 2.64. The van der Waals surface area contributed by atoms with Gasteiger partial charge < -0.3 is 15.7 Å². The maximum atomic E-state index is 13.5. The van der Waals surface area contributed by atoms with E-state index in [0.717, 1.165) is 6.54 Å². The fourth-order valence-electron chi connectivity index (χ4n) is 1.47. The number of benzene rings is 1. The van der Waals surface area contributed by atoms with Gasteiger partial charge in [0.2, 0.25) is 0 Å². The maximum Gasteiger partial charge on any atom is 0.191 e. The van der Waals surface area contributed by atoms with Crippen molar-refractivity contribution in [1.82, 2.24) is 10.6 Å². The van der Waals surface area contributed by atoms with Crippen molar-refractivity contribution in [3.8, 4) is 0 Å². The minimum atomic E-state index is -0.245. The van der Waals surface area contributed by atoms with E-state index in [1.165, 1.54) is 6.07 Å². The first-order chi connectivity index (χ1) is 9.17. The smallest absolute Gasteiger partial charge is 0.191 e. The molecule has 0 aliphatic rings. The molecule has 0 aliphatic heterocycles. The summed E-state index contributed by atoms with van der Waals surface area (Å²) in [7, 11) is 0. The van der Waals surface area contributed by atoms with Crippen LogP contribution in [0.2, 0.25) is 0 Å². The topological polar surface area (TPSA) is 56.7 Å². The molecule has 1 aromatic rings. The fraction of sp³-hybridized carbons (Fsp3) is 0.500. The van der Waals surface area contributed by atoms with Crippen molar-refractivity contribution in [2.75, 3.05) is 19.7 Å². The summed E-state index contributed by atoms with van der Waals surface area (Å²) < 4.78 is 13.5. The van der Waals surface area contributed by atoms with E-state index in [4.69, 9.17) is 5.11 Å². The Morgan fingerprint density at radius 1 is 1.37 bits per heavy atom. The first kappa shape index (κ1) is 15.4. The summed E-state index contributed by atoms with van der Waals surface area (Å²) in [6.07, 6.45) is 0. The Bertz CT molecular complexity index is 409. The van der Waals surface area contributed by atoms with E-state index in [0.29, 0.717) is 18.1 Å². The zero-order valence-electron chi connectivity index (χ0n) is 11.5. The second-order valence-corrected chi connectivity index (χ2v) is 4.46. The van der Waals surface area contributed by atoms with Crippen molar-refractivity contribution in [3.05, 3.63) is 35.6 Å². The summed E-state index contributed by atoms with van der Waals surface area (Å²) in [6.45, 7) is 5.68. The monoisotopic (exact) mass is 267 g/mol. The summed E-state index contributed by atoms with van der Waals surface area (Å²) in [5, 5.41) is 15.2. The molecule has 0 radical (unpaired) electrons. The molecule has 3 N–H and O–H groups in total. The van der Waals surface area contributed by atoms with Crippen molar-refractivity contribution in [3.63, 3.8) is 0 Å². The highest BCUT2D eigenvalue weighted by Crippen LogP contribution is 2.07. The highest BCUT2D eigenvalue weighted by atomic mass is 19.1. The Morgan fingerprint density at radius 2 is 2.11 bits per heavy atom. The predicted octanol–water partition coefficient (Wildman–Crippen LogP) is 1.51. The van der Waals surface area contributed by atoms with Crippen molar-refractivity contribution < 1.29 is 9.50 Å². The molecule has 0 fully saturated rings. The molecule has 0 bridgehead atoms. The van der Waals surface area contributed by atoms with Gasteiger partial charge in [0.25, 0.3) is 0 Å². The van der Waals surface area contributed by atoms with Crippen LogP contribution in [0.1, 0.15) is 19.4 Å². The van der Waals surface area contributed by atoms with Gasteiger partial charge in [0.05, 0.1) is 6.54 Å². The van der Waals surface area contributed by atoms with Crippen molar-refractivity contribution in [1.29, 1.82) is 0 Å². The quantitative estimate of drug-likeness (QED) is 0.541. The van der Waals surface area contributed by atoms with Crippen LogP contribution in [-0.4, -0.2) is 30.8 Å². The molecule has 0 saturated carbocycles. The number of nitrogens with zero attached hydrogens (tertiary/aromatic N) is 1. The van der Waals surface area contributed by atoms with E-state index < -0.39 is 0 Å². The Labute approximate surface area is 113 Å². The van der Waals surface area contributed by atoms with Crippen LogP contribution in [0, 0.1) is 11.7 Å². The van der Waals surface area contributed by atoms with Crippen molar-refractivity contribution in [2.45, 2.75) is 20.4 Å². The van der Waals surface area contributed by atoms with Gasteiger partial charge in [-0.15, -0.1) is 0 Å². The van der Waals surface area contributed by atoms with Gasteiger partial charge in [-0.1, -0.05) is 25.1 Å². The number of aliphatic hydroxyl groups is 1. The molecule has 0 amide bonds.